The maximum absolute atomic E-state index is 13.1. The summed E-state index contributed by atoms with van der Waals surface area (Å²) in [6, 6.07) is 8.25. The van der Waals surface area contributed by atoms with Crippen molar-refractivity contribution in [3.63, 3.8) is 0 Å². The number of carbonyl (C=O) groups is 2. The van der Waals surface area contributed by atoms with Crippen LogP contribution in [0, 0.1) is 0 Å². The van der Waals surface area contributed by atoms with Gasteiger partial charge in [0, 0.05) is 35.9 Å². The summed E-state index contributed by atoms with van der Waals surface area (Å²) in [4.78, 5) is 26.0. The van der Waals surface area contributed by atoms with Crippen molar-refractivity contribution in [2.24, 2.45) is 0 Å². The summed E-state index contributed by atoms with van der Waals surface area (Å²) in [5.41, 5.74) is 5.21. The van der Waals surface area contributed by atoms with E-state index < -0.39 is 0 Å². The van der Waals surface area contributed by atoms with Gasteiger partial charge in [0.05, 0.1) is 11.7 Å². The Bertz CT molecular complexity index is 859. The lowest BCUT2D eigenvalue weighted by Crippen LogP contribution is -2.35. The molecule has 2 heterocycles. The van der Waals surface area contributed by atoms with Crippen molar-refractivity contribution in [3.05, 3.63) is 57.9 Å². The molecule has 5 nitrogen and oxygen atoms in total. The number of Topliss-reactive ketones (excluding diaryl/α,β-unsaturated/α-hetero) is 1. The summed E-state index contributed by atoms with van der Waals surface area (Å²) >= 11 is 0. The summed E-state index contributed by atoms with van der Waals surface area (Å²) in [7, 11) is 0. The van der Waals surface area contributed by atoms with Crippen molar-refractivity contribution in [1.29, 1.82) is 0 Å². The van der Waals surface area contributed by atoms with Crippen molar-refractivity contribution in [2.45, 2.75) is 64.4 Å². The second-order valence-corrected chi connectivity index (χ2v) is 8.09. The maximum Gasteiger partial charge on any atom is 0.336 e. The molecule has 3 aliphatic rings. The van der Waals surface area contributed by atoms with Crippen molar-refractivity contribution >= 4 is 11.8 Å². The first-order valence-electron chi connectivity index (χ1n) is 10.7. The van der Waals surface area contributed by atoms with Gasteiger partial charge in [-0.15, -0.1) is 0 Å². The smallest absolute Gasteiger partial charge is 0.336 e. The molecule has 0 saturated carbocycles. The average Bonchev–Trinajstić information content (AvgIpc) is 3.25. The Balaban J connectivity index is 1.68. The van der Waals surface area contributed by atoms with Crippen LogP contribution >= 0.6 is 0 Å². The quantitative estimate of drug-likeness (QED) is 0.765. The molecule has 4 rings (SSSR count). The molecule has 0 bridgehead atoms. The van der Waals surface area contributed by atoms with Gasteiger partial charge in [-0.3, -0.25) is 4.79 Å². The maximum atomic E-state index is 13.1. The van der Waals surface area contributed by atoms with E-state index in [0.717, 1.165) is 61.2 Å². The fraction of sp³-hybridized carbons (Fsp3) is 0.500. The van der Waals surface area contributed by atoms with Gasteiger partial charge in [-0.1, -0.05) is 31.2 Å². The lowest BCUT2D eigenvalue weighted by atomic mass is 9.75. The van der Waals surface area contributed by atoms with Gasteiger partial charge in [0.2, 0.25) is 0 Å². The fourth-order valence-corrected chi connectivity index (χ4v) is 4.56. The van der Waals surface area contributed by atoms with Gasteiger partial charge in [0.25, 0.3) is 0 Å². The number of nitrogens with one attached hydrogen (secondary N) is 1. The van der Waals surface area contributed by atoms with E-state index in [-0.39, 0.29) is 30.4 Å². The lowest BCUT2D eigenvalue weighted by Gasteiger charge is -2.34. The average molecular weight is 395 g/mol. The molecule has 1 aliphatic carbocycles. The molecule has 154 valence electrons. The lowest BCUT2D eigenvalue weighted by molar-refractivity contribution is -0.142. The van der Waals surface area contributed by atoms with Crippen molar-refractivity contribution in [2.75, 3.05) is 13.2 Å². The van der Waals surface area contributed by atoms with Crippen LogP contribution in [-0.4, -0.2) is 31.1 Å². The molecule has 2 atom stereocenters. The molecular weight excluding hydrogens is 366 g/mol. The zero-order valence-corrected chi connectivity index (χ0v) is 17.3. The number of esters is 1. The van der Waals surface area contributed by atoms with Crippen LogP contribution in [-0.2, 0) is 25.5 Å². The molecule has 1 saturated heterocycles. The third-order valence-electron chi connectivity index (χ3n) is 6.14. The predicted molar refractivity (Wildman–Crippen MR) is 110 cm³/mol. The minimum absolute atomic E-state index is 0.0233. The first-order chi connectivity index (χ1) is 14.1. The highest BCUT2D eigenvalue weighted by molar-refractivity contribution is 6.03. The monoisotopic (exact) mass is 395 g/mol. The first-order valence-corrected chi connectivity index (χ1v) is 10.7. The van der Waals surface area contributed by atoms with E-state index in [9.17, 15) is 9.59 Å². The largest absolute Gasteiger partial charge is 0.459 e. The molecule has 0 amide bonds. The first kappa shape index (κ1) is 19.9. The minimum atomic E-state index is -0.373. The molecule has 0 aromatic heterocycles. The van der Waals surface area contributed by atoms with Crippen LogP contribution in [0.3, 0.4) is 0 Å². The van der Waals surface area contributed by atoms with E-state index in [0.29, 0.717) is 12.0 Å². The van der Waals surface area contributed by atoms with Crippen molar-refractivity contribution in [1.82, 2.24) is 5.32 Å². The normalized spacial score (nSPS) is 24.4. The zero-order chi connectivity index (χ0) is 20.4. The van der Waals surface area contributed by atoms with Crippen LogP contribution in [0.1, 0.15) is 63.0 Å². The Hall–Kier alpha value is -2.40. The Labute approximate surface area is 172 Å². The molecule has 1 N–H and O–H groups in total. The van der Waals surface area contributed by atoms with E-state index in [1.807, 2.05) is 19.1 Å². The number of dihydropyridines is 1. The minimum Gasteiger partial charge on any atom is -0.459 e. The highest BCUT2D eigenvalue weighted by Crippen LogP contribution is 2.42. The Morgan fingerprint density at radius 1 is 1.21 bits per heavy atom. The SMILES string of the molecule is CCc1ccc([C@H]2C(C(=O)OC[C@@H]3CCCO3)=C(C)NC3=C2C(=O)CCC3)cc1. The topological polar surface area (TPSA) is 64.6 Å². The van der Waals surface area contributed by atoms with Crippen LogP contribution in [0.4, 0.5) is 0 Å². The highest BCUT2D eigenvalue weighted by atomic mass is 16.6. The molecule has 29 heavy (non-hydrogen) atoms. The van der Waals surface area contributed by atoms with Gasteiger partial charge in [-0.05, 0) is 50.2 Å². The predicted octanol–water partition coefficient (Wildman–Crippen LogP) is 3.94. The van der Waals surface area contributed by atoms with Crippen LogP contribution in [0.15, 0.2) is 46.8 Å². The van der Waals surface area contributed by atoms with Crippen molar-refractivity contribution in [3.8, 4) is 0 Å². The van der Waals surface area contributed by atoms with E-state index >= 15 is 0 Å². The number of carbonyl (C=O) groups excluding carboxylic acids is 2. The molecule has 1 aromatic carbocycles. The Morgan fingerprint density at radius 2 is 2.00 bits per heavy atom. The van der Waals surface area contributed by atoms with E-state index in [1.165, 1.54) is 5.56 Å². The number of allylic oxidation sites excluding steroid dienone is 3. The summed E-state index contributed by atoms with van der Waals surface area (Å²) in [6.45, 7) is 5.00. The number of rotatable bonds is 5. The molecule has 0 unspecified atom stereocenters. The Kier molecular flexibility index (Phi) is 5.86. The van der Waals surface area contributed by atoms with Gasteiger partial charge in [-0.2, -0.15) is 0 Å². The van der Waals surface area contributed by atoms with Crippen LogP contribution < -0.4 is 5.32 Å². The molecule has 1 aromatic rings. The summed E-state index contributed by atoms with van der Waals surface area (Å²) in [6.07, 6.45) is 5.05. The number of benzene rings is 1. The highest BCUT2D eigenvalue weighted by Gasteiger charge is 2.39. The van der Waals surface area contributed by atoms with Crippen LogP contribution in [0.2, 0.25) is 0 Å². The number of hydrogen-bond acceptors (Lipinski definition) is 5. The molecule has 0 radical (unpaired) electrons. The number of hydrogen-bond donors (Lipinski definition) is 1. The number of aryl methyl sites for hydroxylation is 1. The Morgan fingerprint density at radius 3 is 2.69 bits per heavy atom. The summed E-state index contributed by atoms with van der Waals surface area (Å²) in [5.74, 6) is -0.609. The summed E-state index contributed by atoms with van der Waals surface area (Å²) in [5, 5.41) is 3.34. The third kappa shape index (κ3) is 4.01. The molecule has 2 aliphatic heterocycles. The standard InChI is InChI=1S/C24H29NO4/c1-3-16-9-11-17(12-10-16)22-21(24(27)29-14-18-6-5-13-28-18)15(2)25-19-7-4-8-20(26)23(19)22/h9-12,18,22,25H,3-8,13-14H2,1-2H3/t18-,22-/m0/s1. The van der Waals surface area contributed by atoms with E-state index in [4.69, 9.17) is 9.47 Å². The second kappa shape index (κ2) is 8.54. The van der Waals surface area contributed by atoms with Crippen LogP contribution in [0.5, 0.6) is 0 Å². The second-order valence-electron chi connectivity index (χ2n) is 8.09. The molecule has 0 spiro atoms. The van der Waals surface area contributed by atoms with E-state index in [1.54, 1.807) is 0 Å². The zero-order valence-electron chi connectivity index (χ0n) is 17.3. The van der Waals surface area contributed by atoms with Gasteiger partial charge >= 0.3 is 5.97 Å². The van der Waals surface area contributed by atoms with Gasteiger partial charge < -0.3 is 14.8 Å². The van der Waals surface area contributed by atoms with Gasteiger partial charge in [0.15, 0.2) is 5.78 Å². The van der Waals surface area contributed by atoms with Crippen LogP contribution in [0.25, 0.3) is 0 Å². The fourth-order valence-electron chi connectivity index (χ4n) is 4.56. The summed E-state index contributed by atoms with van der Waals surface area (Å²) < 4.78 is 11.2. The molecule has 1 fully saturated rings. The van der Waals surface area contributed by atoms with Crippen molar-refractivity contribution < 1.29 is 19.1 Å². The third-order valence-corrected chi connectivity index (χ3v) is 6.14. The number of ether oxygens (including phenoxy) is 2. The van der Waals surface area contributed by atoms with Gasteiger partial charge in [-0.25, -0.2) is 4.79 Å². The molecular formula is C24H29NO4. The molecule has 5 heteroatoms. The van der Waals surface area contributed by atoms with Gasteiger partial charge in [0.1, 0.15) is 6.61 Å². The number of ketones is 1. The van der Waals surface area contributed by atoms with E-state index in [2.05, 4.69) is 24.4 Å².